The lowest BCUT2D eigenvalue weighted by atomic mass is 9.77. The minimum Gasteiger partial charge on any atom is -0.321 e. The van der Waals surface area contributed by atoms with E-state index in [-0.39, 0.29) is 11.3 Å². The average molecular weight is 317 g/mol. The number of H-pyrrole nitrogens is 1. The quantitative estimate of drug-likeness (QED) is 0.876. The molecule has 3 rings (SSSR count). The minimum absolute atomic E-state index is 0.215. The molecule has 2 heterocycles. The van der Waals surface area contributed by atoms with Crippen molar-refractivity contribution in [2.75, 3.05) is 6.54 Å². The number of hydrogen-bond acceptors (Lipinski definition) is 3. The van der Waals surface area contributed by atoms with Gasteiger partial charge < -0.3 is 4.90 Å². The van der Waals surface area contributed by atoms with Gasteiger partial charge >= 0.3 is 0 Å². The molecular formula is C16H17ClN4O. The molecule has 5 nitrogen and oxygen atoms in total. The SMILES string of the molecule is CC1(C)CCCN(C(=O)c2n[nH]c3ccc(Cl)cc23)C1C#N. The van der Waals surface area contributed by atoms with Crippen LogP contribution in [0.1, 0.15) is 37.2 Å². The number of benzene rings is 1. The van der Waals surface area contributed by atoms with Crippen molar-refractivity contribution in [3.8, 4) is 6.07 Å². The summed E-state index contributed by atoms with van der Waals surface area (Å²) in [5.74, 6) is -0.215. The van der Waals surface area contributed by atoms with E-state index in [0.717, 1.165) is 18.4 Å². The van der Waals surface area contributed by atoms with Gasteiger partial charge in [0.1, 0.15) is 6.04 Å². The number of carbonyl (C=O) groups excluding carboxylic acids is 1. The summed E-state index contributed by atoms with van der Waals surface area (Å²) >= 11 is 6.02. The summed E-state index contributed by atoms with van der Waals surface area (Å²) in [6.45, 7) is 4.63. The Balaban J connectivity index is 2.02. The molecule has 0 saturated carbocycles. The lowest BCUT2D eigenvalue weighted by Crippen LogP contribution is -2.51. The Morgan fingerprint density at radius 1 is 1.55 bits per heavy atom. The molecule has 0 bridgehead atoms. The van der Waals surface area contributed by atoms with Crippen molar-refractivity contribution in [1.29, 1.82) is 5.26 Å². The number of nitriles is 1. The Morgan fingerprint density at radius 2 is 2.32 bits per heavy atom. The number of fused-ring (bicyclic) bond motifs is 1. The fourth-order valence-electron chi connectivity index (χ4n) is 3.14. The van der Waals surface area contributed by atoms with Gasteiger partial charge in [-0.2, -0.15) is 10.4 Å². The first kappa shape index (κ1) is 14.9. The third-order valence-corrected chi connectivity index (χ3v) is 4.62. The van der Waals surface area contributed by atoms with Gasteiger partial charge in [-0.3, -0.25) is 9.89 Å². The maximum absolute atomic E-state index is 12.9. The van der Waals surface area contributed by atoms with Gasteiger partial charge in [0.15, 0.2) is 5.69 Å². The minimum atomic E-state index is -0.445. The van der Waals surface area contributed by atoms with Gasteiger partial charge in [-0.05, 0) is 36.5 Å². The number of aromatic nitrogens is 2. The fraction of sp³-hybridized carbons (Fsp3) is 0.438. The molecule has 1 amide bonds. The van der Waals surface area contributed by atoms with Gasteiger partial charge in [0.05, 0.1) is 11.6 Å². The number of amides is 1. The normalized spacial score (nSPS) is 20.8. The van der Waals surface area contributed by atoms with E-state index in [1.54, 1.807) is 23.1 Å². The largest absolute Gasteiger partial charge is 0.321 e. The molecule has 0 aliphatic carbocycles. The highest BCUT2D eigenvalue weighted by Crippen LogP contribution is 2.36. The van der Waals surface area contributed by atoms with Gasteiger partial charge in [0, 0.05) is 17.0 Å². The predicted octanol–water partition coefficient (Wildman–Crippen LogP) is 3.37. The van der Waals surface area contributed by atoms with Gasteiger partial charge in [0.25, 0.3) is 5.91 Å². The van der Waals surface area contributed by atoms with Crippen LogP contribution in [0.25, 0.3) is 10.9 Å². The summed E-state index contributed by atoms with van der Waals surface area (Å²) in [6, 6.07) is 7.11. The zero-order chi connectivity index (χ0) is 15.9. The van der Waals surface area contributed by atoms with E-state index < -0.39 is 6.04 Å². The molecule has 22 heavy (non-hydrogen) atoms. The smallest absolute Gasteiger partial charge is 0.276 e. The second kappa shape index (κ2) is 5.29. The molecule has 1 atom stereocenters. The number of carbonyl (C=O) groups is 1. The number of piperidine rings is 1. The van der Waals surface area contributed by atoms with Crippen molar-refractivity contribution in [2.45, 2.75) is 32.7 Å². The Labute approximate surface area is 133 Å². The van der Waals surface area contributed by atoms with Crippen LogP contribution in [0.5, 0.6) is 0 Å². The summed E-state index contributed by atoms with van der Waals surface area (Å²) in [5.41, 5.74) is 0.875. The lowest BCUT2D eigenvalue weighted by Gasteiger charge is -2.42. The molecule has 114 valence electrons. The van der Waals surface area contributed by atoms with E-state index in [1.807, 2.05) is 13.8 Å². The van der Waals surface area contributed by atoms with Crippen molar-refractivity contribution >= 4 is 28.4 Å². The molecule has 1 aromatic heterocycles. The van der Waals surface area contributed by atoms with Crippen molar-refractivity contribution in [3.63, 3.8) is 0 Å². The van der Waals surface area contributed by atoms with E-state index in [9.17, 15) is 10.1 Å². The monoisotopic (exact) mass is 316 g/mol. The number of nitrogens with zero attached hydrogens (tertiary/aromatic N) is 3. The Morgan fingerprint density at radius 3 is 3.05 bits per heavy atom. The summed E-state index contributed by atoms with van der Waals surface area (Å²) in [4.78, 5) is 14.5. The number of likely N-dealkylation sites (tertiary alicyclic amines) is 1. The highest BCUT2D eigenvalue weighted by Gasteiger charge is 2.41. The first-order valence-corrected chi connectivity index (χ1v) is 7.66. The first-order valence-electron chi connectivity index (χ1n) is 7.28. The predicted molar refractivity (Wildman–Crippen MR) is 84.6 cm³/mol. The maximum atomic E-state index is 12.9. The van der Waals surface area contributed by atoms with Crippen LogP contribution in [0.3, 0.4) is 0 Å². The summed E-state index contributed by atoms with van der Waals surface area (Å²) < 4.78 is 0. The van der Waals surface area contributed by atoms with E-state index >= 15 is 0 Å². The Bertz CT molecular complexity index is 774. The number of rotatable bonds is 1. The number of nitrogens with one attached hydrogen (secondary N) is 1. The van der Waals surface area contributed by atoms with Crippen molar-refractivity contribution in [1.82, 2.24) is 15.1 Å². The molecule has 1 N–H and O–H groups in total. The Hall–Kier alpha value is -2.06. The maximum Gasteiger partial charge on any atom is 0.276 e. The second-order valence-corrected chi connectivity index (χ2v) is 6.82. The first-order chi connectivity index (χ1) is 10.4. The summed E-state index contributed by atoms with van der Waals surface area (Å²) in [7, 11) is 0. The molecule has 1 aliphatic heterocycles. The molecule has 6 heteroatoms. The van der Waals surface area contributed by atoms with Gasteiger partial charge in [0.2, 0.25) is 0 Å². The van der Waals surface area contributed by atoms with Crippen LogP contribution in [0.15, 0.2) is 18.2 Å². The topological polar surface area (TPSA) is 72.8 Å². The van der Waals surface area contributed by atoms with E-state index in [0.29, 0.717) is 22.6 Å². The molecule has 1 aromatic carbocycles. The van der Waals surface area contributed by atoms with E-state index in [2.05, 4.69) is 16.3 Å². The highest BCUT2D eigenvalue weighted by molar-refractivity contribution is 6.31. The summed E-state index contributed by atoms with van der Waals surface area (Å²) in [5, 5.41) is 17.7. The molecular weight excluding hydrogens is 300 g/mol. The van der Waals surface area contributed by atoms with Crippen molar-refractivity contribution in [2.24, 2.45) is 5.41 Å². The zero-order valence-electron chi connectivity index (χ0n) is 12.6. The van der Waals surface area contributed by atoms with Gasteiger partial charge in [-0.1, -0.05) is 25.4 Å². The van der Waals surface area contributed by atoms with E-state index in [1.165, 1.54) is 0 Å². The zero-order valence-corrected chi connectivity index (χ0v) is 13.3. The van der Waals surface area contributed by atoms with Crippen molar-refractivity contribution < 1.29 is 4.79 Å². The lowest BCUT2D eigenvalue weighted by molar-refractivity contribution is 0.0434. The molecule has 0 spiro atoms. The van der Waals surface area contributed by atoms with Crippen LogP contribution < -0.4 is 0 Å². The molecule has 1 aliphatic rings. The second-order valence-electron chi connectivity index (χ2n) is 6.38. The van der Waals surface area contributed by atoms with Crippen LogP contribution in [0, 0.1) is 16.7 Å². The van der Waals surface area contributed by atoms with Crippen LogP contribution in [-0.2, 0) is 0 Å². The Kier molecular flexibility index (Phi) is 3.57. The summed E-state index contributed by atoms with van der Waals surface area (Å²) in [6.07, 6.45) is 1.82. The number of halogens is 1. The number of aromatic amines is 1. The fourth-order valence-corrected chi connectivity index (χ4v) is 3.31. The molecule has 1 saturated heterocycles. The molecule has 1 fully saturated rings. The van der Waals surface area contributed by atoms with Gasteiger partial charge in [-0.15, -0.1) is 0 Å². The molecule has 0 radical (unpaired) electrons. The van der Waals surface area contributed by atoms with Gasteiger partial charge in [-0.25, -0.2) is 0 Å². The number of hydrogen-bond donors (Lipinski definition) is 1. The average Bonchev–Trinajstić information content (AvgIpc) is 2.88. The van der Waals surface area contributed by atoms with Crippen LogP contribution in [0.4, 0.5) is 0 Å². The third kappa shape index (κ3) is 2.34. The standard InChI is InChI=1S/C16H17ClN4O/c1-16(2)6-3-7-21(13(16)9-18)15(22)14-11-8-10(17)4-5-12(11)19-20-14/h4-5,8,13H,3,6-7H2,1-2H3,(H,19,20). The molecule has 1 unspecified atom stereocenters. The van der Waals surface area contributed by atoms with Crippen LogP contribution >= 0.6 is 11.6 Å². The third-order valence-electron chi connectivity index (χ3n) is 4.38. The van der Waals surface area contributed by atoms with Crippen LogP contribution in [0.2, 0.25) is 5.02 Å². The van der Waals surface area contributed by atoms with E-state index in [4.69, 9.17) is 11.6 Å². The highest BCUT2D eigenvalue weighted by atomic mass is 35.5. The van der Waals surface area contributed by atoms with Crippen LogP contribution in [-0.4, -0.2) is 33.6 Å². The molecule has 2 aromatic rings. The van der Waals surface area contributed by atoms with Crippen molar-refractivity contribution in [3.05, 3.63) is 28.9 Å².